The molecule has 0 saturated carbocycles. The predicted molar refractivity (Wildman–Crippen MR) is 67.7 cm³/mol. The second-order valence-corrected chi connectivity index (χ2v) is 5.71. The van der Waals surface area contributed by atoms with Crippen molar-refractivity contribution in [2.75, 3.05) is 13.1 Å². The minimum absolute atomic E-state index is 0.164. The number of carbonyl (C=O) groups is 2. The van der Waals surface area contributed by atoms with Crippen molar-refractivity contribution in [1.82, 2.24) is 4.90 Å². The van der Waals surface area contributed by atoms with Crippen molar-refractivity contribution in [3.05, 3.63) is 11.6 Å². The fourth-order valence-corrected chi connectivity index (χ4v) is 1.73. The van der Waals surface area contributed by atoms with Crippen LogP contribution in [0, 0.1) is 0 Å². The Balaban J connectivity index is 2.68. The van der Waals surface area contributed by atoms with Crippen molar-refractivity contribution in [3.8, 4) is 0 Å². The van der Waals surface area contributed by atoms with E-state index in [9.17, 15) is 14.0 Å². The van der Waals surface area contributed by atoms with Gasteiger partial charge in [0.25, 0.3) is 0 Å². The smallest absolute Gasteiger partial charge is 0.410 e. The average Bonchev–Trinajstić information content (AvgIpc) is 2.26. The molecule has 0 spiro atoms. The van der Waals surface area contributed by atoms with E-state index in [4.69, 9.17) is 9.84 Å². The third-order valence-electron chi connectivity index (χ3n) is 2.87. The Hall–Kier alpha value is -1.59. The Kier molecular flexibility index (Phi) is 4.22. The molecule has 0 aromatic heterocycles. The molecule has 19 heavy (non-hydrogen) atoms. The molecule has 0 aliphatic carbocycles. The number of amides is 1. The maximum absolute atomic E-state index is 13.9. The monoisotopic (exact) mass is 273 g/mol. The Bertz CT molecular complexity index is 409. The predicted octanol–water partition coefficient (Wildman–Crippen LogP) is 2.37. The van der Waals surface area contributed by atoms with Crippen LogP contribution in [0.4, 0.5) is 9.18 Å². The number of hydrogen-bond acceptors (Lipinski definition) is 3. The highest BCUT2D eigenvalue weighted by Crippen LogP contribution is 2.28. The molecule has 5 nitrogen and oxygen atoms in total. The largest absolute Gasteiger partial charge is 0.479 e. The van der Waals surface area contributed by atoms with Gasteiger partial charge in [0.1, 0.15) is 5.60 Å². The summed E-state index contributed by atoms with van der Waals surface area (Å²) in [5.74, 6) is -1.51. The lowest BCUT2D eigenvalue weighted by molar-refractivity contribution is -0.147. The lowest BCUT2D eigenvalue weighted by atomic mass is 9.92. The van der Waals surface area contributed by atoms with E-state index in [1.54, 1.807) is 20.8 Å². The van der Waals surface area contributed by atoms with E-state index in [1.165, 1.54) is 11.0 Å². The number of rotatable bonds is 2. The first-order chi connectivity index (χ1) is 8.54. The first-order valence-corrected chi connectivity index (χ1v) is 6.14. The zero-order valence-corrected chi connectivity index (χ0v) is 11.7. The molecule has 1 N–H and O–H groups in total. The molecule has 1 atom stereocenters. The van der Waals surface area contributed by atoms with E-state index in [2.05, 4.69) is 0 Å². The number of carboxylic acid groups (broad SMARTS) is 1. The quantitative estimate of drug-likeness (QED) is 0.784. The average molecular weight is 273 g/mol. The SMILES string of the molecule is CC(C)(C)OC(=O)N1CC=C(C(C)(F)C(=O)O)CC1. The summed E-state index contributed by atoms with van der Waals surface area (Å²) in [6.07, 6.45) is 1.17. The van der Waals surface area contributed by atoms with E-state index in [-0.39, 0.29) is 25.1 Å². The van der Waals surface area contributed by atoms with Crippen LogP contribution in [0.5, 0.6) is 0 Å². The molecule has 0 aromatic rings. The van der Waals surface area contributed by atoms with E-state index >= 15 is 0 Å². The van der Waals surface area contributed by atoms with E-state index in [1.807, 2.05) is 0 Å². The summed E-state index contributed by atoms with van der Waals surface area (Å²) in [5.41, 5.74) is -2.77. The first kappa shape index (κ1) is 15.5. The van der Waals surface area contributed by atoms with Gasteiger partial charge in [-0.1, -0.05) is 6.08 Å². The van der Waals surface area contributed by atoms with Gasteiger partial charge in [-0.05, 0) is 39.7 Å². The van der Waals surface area contributed by atoms with Gasteiger partial charge in [0.05, 0.1) is 0 Å². The number of halogens is 1. The number of alkyl halides is 1. The fourth-order valence-electron chi connectivity index (χ4n) is 1.73. The second kappa shape index (κ2) is 5.19. The summed E-state index contributed by atoms with van der Waals surface area (Å²) in [6.45, 7) is 6.73. The molecule has 1 aliphatic heterocycles. The Morgan fingerprint density at radius 2 is 1.95 bits per heavy atom. The summed E-state index contributed by atoms with van der Waals surface area (Å²) < 4.78 is 19.1. The highest BCUT2D eigenvalue weighted by Gasteiger charge is 2.38. The number of ether oxygens (including phenoxy) is 1. The number of carbonyl (C=O) groups excluding carboxylic acids is 1. The van der Waals surface area contributed by atoms with Crippen LogP contribution in [0.2, 0.25) is 0 Å². The number of hydrogen-bond donors (Lipinski definition) is 1. The number of carboxylic acids is 1. The Morgan fingerprint density at radius 1 is 1.37 bits per heavy atom. The number of nitrogens with zero attached hydrogens (tertiary/aromatic N) is 1. The molecular formula is C13H20FNO4. The van der Waals surface area contributed by atoms with Gasteiger partial charge in [0.2, 0.25) is 5.67 Å². The molecule has 1 heterocycles. The standard InChI is InChI=1S/C13H20FNO4/c1-12(2,3)19-11(18)15-7-5-9(6-8-15)13(4,14)10(16)17/h5H,6-8H2,1-4H3,(H,16,17). The lowest BCUT2D eigenvalue weighted by Gasteiger charge is -2.31. The van der Waals surface area contributed by atoms with Crippen LogP contribution in [0.25, 0.3) is 0 Å². The van der Waals surface area contributed by atoms with Gasteiger partial charge in [-0.25, -0.2) is 14.0 Å². The molecule has 1 rings (SSSR count). The highest BCUT2D eigenvalue weighted by molar-refractivity contribution is 5.81. The zero-order chi connectivity index (χ0) is 14.8. The zero-order valence-electron chi connectivity index (χ0n) is 11.7. The van der Waals surface area contributed by atoms with Gasteiger partial charge in [-0.15, -0.1) is 0 Å². The van der Waals surface area contributed by atoms with Crippen LogP contribution in [0.1, 0.15) is 34.1 Å². The van der Waals surface area contributed by atoms with Crippen LogP contribution < -0.4 is 0 Å². The highest BCUT2D eigenvalue weighted by atomic mass is 19.1. The molecule has 1 unspecified atom stereocenters. The maximum atomic E-state index is 13.9. The molecule has 0 radical (unpaired) electrons. The summed E-state index contributed by atoms with van der Waals surface area (Å²) in [7, 11) is 0. The summed E-state index contributed by atoms with van der Waals surface area (Å²) in [5, 5.41) is 8.80. The van der Waals surface area contributed by atoms with Crippen LogP contribution in [-0.2, 0) is 9.53 Å². The van der Waals surface area contributed by atoms with Crippen molar-refractivity contribution in [2.24, 2.45) is 0 Å². The van der Waals surface area contributed by atoms with Crippen LogP contribution in [0.3, 0.4) is 0 Å². The van der Waals surface area contributed by atoms with E-state index in [0.29, 0.717) is 0 Å². The Labute approximate surface area is 112 Å². The van der Waals surface area contributed by atoms with Crippen molar-refractivity contribution in [3.63, 3.8) is 0 Å². The normalized spacial score (nSPS) is 19.4. The van der Waals surface area contributed by atoms with E-state index < -0.39 is 23.3 Å². The fraction of sp³-hybridized carbons (Fsp3) is 0.692. The third kappa shape index (κ3) is 3.94. The summed E-state index contributed by atoms with van der Waals surface area (Å²) >= 11 is 0. The Morgan fingerprint density at radius 3 is 2.32 bits per heavy atom. The number of aliphatic carboxylic acids is 1. The van der Waals surface area contributed by atoms with Crippen molar-refractivity contribution in [2.45, 2.75) is 45.4 Å². The molecule has 1 amide bonds. The van der Waals surface area contributed by atoms with Crippen LogP contribution >= 0.6 is 0 Å². The minimum atomic E-state index is -2.37. The maximum Gasteiger partial charge on any atom is 0.410 e. The van der Waals surface area contributed by atoms with Crippen LogP contribution in [-0.4, -0.2) is 46.4 Å². The molecule has 108 valence electrons. The van der Waals surface area contributed by atoms with E-state index in [0.717, 1.165) is 6.92 Å². The van der Waals surface area contributed by atoms with Gasteiger partial charge in [0, 0.05) is 13.1 Å². The summed E-state index contributed by atoms with van der Waals surface area (Å²) in [6, 6.07) is 0. The van der Waals surface area contributed by atoms with Crippen molar-refractivity contribution >= 4 is 12.1 Å². The minimum Gasteiger partial charge on any atom is -0.479 e. The van der Waals surface area contributed by atoms with Crippen molar-refractivity contribution < 1.29 is 23.8 Å². The van der Waals surface area contributed by atoms with Crippen LogP contribution in [0.15, 0.2) is 11.6 Å². The first-order valence-electron chi connectivity index (χ1n) is 6.14. The van der Waals surface area contributed by atoms with Gasteiger partial charge in [0.15, 0.2) is 0 Å². The van der Waals surface area contributed by atoms with Gasteiger partial charge >= 0.3 is 12.1 Å². The van der Waals surface area contributed by atoms with Gasteiger partial charge < -0.3 is 14.7 Å². The van der Waals surface area contributed by atoms with Gasteiger partial charge in [-0.2, -0.15) is 0 Å². The van der Waals surface area contributed by atoms with Gasteiger partial charge in [-0.3, -0.25) is 0 Å². The molecule has 0 aromatic carbocycles. The van der Waals surface area contributed by atoms with Crippen molar-refractivity contribution in [1.29, 1.82) is 0 Å². The molecule has 0 bridgehead atoms. The molecule has 0 fully saturated rings. The summed E-state index contributed by atoms with van der Waals surface area (Å²) in [4.78, 5) is 24.0. The molecular weight excluding hydrogens is 253 g/mol. The molecule has 1 aliphatic rings. The lowest BCUT2D eigenvalue weighted by Crippen LogP contribution is -2.42. The second-order valence-electron chi connectivity index (χ2n) is 5.71. The third-order valence-corrected chi connectivity index (χ3v) is 2.87. The molecule has 0 saturated heterocycles. The topological polar surface area (TPSA) is 66.8 Å². The molecule has 6 heteroatoms.